The lowest BCUT2D eigenvalue weighted by molar-refractivity contribution is -0.135. The van der Waals surface area contributed by atoms with Crippen LogP contribution >= 0.6 is 11.3 Å². The molecule has 60 heavy (non-hydrogen) atoms. The van der Waals surface area contributed by atoms with Gasteiger partial charge in [0.25, 0.3) is 5.19 Å². The molecule has 0 radical (unpaired) electrons. The number of thiazole rings is 1. The molecule has 2 aliphatic heterocycles. The van der Waals surface area contributed by atoms with Crippen molar-refractivity contribution < 1.29 is 43.0 Å². The number of Topliss-reactive ketones (excluding diaryl/α,β-unsaturated/α-hetero) is 1. The summed E-state index contributed by atoms with van der Waals surface area (Å²) in [5.74, 6) is -2.29. The zero-order chi connectivity index (χ0) is 43.2. The number of hydrogen-bond donors (Lipinski definition) is 4. The Labute approximate surface area is 355 Å². The lowest BCUT2D eigenvalue weighted by Gasteiger charge is -2.28. The Morgan fingerprint density at radius 3 is 1.93 bits per heavy atom. The number of carbonyl (C=O) groups is 6. The average molecular weight is 847 g/mol. The maximum absolute atomic E-state index is 14.2. The molecule has 0 spiro atoms. The maximum atomic E-state index is 14.2. The van der Waals surface area contributed by atoms with Gasteiger partial charge in [0, 0.05) is 30.6 Å². The Morgan fingerprint density at radius 2 is 1.32 bits per heavy atom. The number of carbonyl (C=O) groups excluding carboxylic acids is 6. The number of morpholine rings is 1. The zero-order valence-electron chi connectivity index (χ0n) is 35.1. The Bertz CT molecular complexity index is 1910. The summed E-state index contributed by atoms with van der Waals surface area (Å²) in [5, 5.41) is 11.6. The van der Waals surface area contributed by atoms with Crippen LogP contribution in [0.3, 0.4) is 0 Å². The van der Waals surface area contributed by atoms with E-state index in [1.165, 1.54) is 11.1 Å². The third kappa shape index (κ3) is 14.2. The van der Waals surface area contributed by atoms with Crippen molar-refractivity contribution in [2.45, 2.75) is 103 Å². The third-order valence-corrected chi connectivity index (χ3v) is 11.1. The fraction of sp³-hybridized carbons (Fsp3) is 0.523. The van der Waals surface area contributed by atoms with E-state index in [1.807, 2.05) is 88.4 Å². The summed E-state index contributed by atoms with van der Waals surface area (Å²) in [6, 6.07) is 14.8. The number of rotatable bonds is 21. The molecule has 324 valence electrons. The van der Waals surface area contributed by atoms with Crippen molar-refractivity contribution in [1.82, 2.24) is 31.2 Å². The van der Waals surface area contributed by atoms with Gasteiger partial charge in [-0.1, -0.05) is 99.7 Å². The summed E-state index contributed by atoms with van der Waals surface area (Å²) in [4.78, 5) is 88.0. The van der Waals surface area contributed by atoms with Crippen molar-refractivity contribution in [2.24, 2.45) is 11.8 Å². The number of nitrogens with one attached hydrogen (secondary N) is 4. The first-order chi connectivity index (χ1) is 28.7. The summed E-state index contributed by atoms with van der Waals surface area (Å²) >= 11 is 1.06. The van der Waals surface area contributed by atoms with Gasteiger partial charge in [-0.15, -0.1) is 0 Å². The molecule has 3 aromatic rings. The van der Waals surface area contributed by atoms with Crippen molar-refractivity contribution in [1.29, 1.82) is 0 Å². The van der Waals surface area contributed by atoms with E-state index in [0.29, 0.717) is 44.0 Å². The minimum atomic E-state index is -1.08. The first kappa shape index (κ1) is 45.9. The lowest BCUT2D eigenvalue weighted by Crippen LogP contribution is -2.59. The van der Waals surface area contributed by atoms with Gasteiger partial charge in [-0.3, -0.25) is 24.0 Å². The molecular weight excluding hydrogens is 789 g/mol. The Kier molecular flexibility index (Phi) is 16.7. The van der Waals surface area contributed by atoms with Gasteiger partial charge in [0.1, 0.15) is 23.7 Å². The summed E-state index contributed by atoms with van der Waals surface area (Å²) in [7, 11) is 0. The van der Waals surface area contributed by atoms with Crippen LogP contribution in [-0.4, -0.2) is 108 Å². The van der Waals surface area contributed by atoms with Crippen LogP contribution in [0.2, 0.25) is 0 Å². The van der Waals surface area contributed by atoms with Gasteiger partial charge in [0.05, 0.1) is 32.3 Å². The molecule has 2 fully saturated rings. The summed E-state index contributed by atoms with van der Waals surface area (Å²) in [6.45, 7) is 11.4. The van der Waals surface area contributed by atoms with Gasteiger partial charge >= 0.3 is 6.09 Å². The van der Waals surface area contributed by atoms with E-state index in [2.05, 4.69) is 26.3 Å². The molecule has 16 heteroatoms. The van der Waals surface area contributed by atoms with Gasteiger partial charge in [-0.2, -0.15) is 0 Å². The highest BCUT2D eigenvalue weighted by Crippen LogP contribution is 2.30. The monoisotopic (exact) mass is 846 g/mol. The lowest BCUT2D eigenvalue weighted by atomic mass is 9.93. The number of aryl methyl sites for hydroxylation is 1. The van der Waals surface area contributed by atoms with Crippen LogP contribution in [0.15, 0.2) is 66.9 Å². The van der Waals surface area contributed by atoms with Crippen LogP contribution < -0.4 is 26.0 Å². The van der Waals surface area contributed by atoms with E-state index in [-0.39, 0.29) is 55.1 Å². The fourth-order valence-corrected chi connectivity index (χ4v) is 7.58. The van der Waals surface area contributed by atoms with Crippen molar-refractivity contribution >= 4 is 46.8 Å². The Morgan fingerprint density at radius 1 is 0.767 bits per heavy atom. The van der Waals surface area contributed by atoms with Gasteiger partial charge < -0.3 is 40.4 Å². The first-order valence-corrected chi connectivity index (χ1v) is 21.5. The van der Waals surface area contributed by atoms with Crippen LogP contribution in [0, 0.1) is 11.8 Å². The van der Waals surface area contributed by atoms with Crippen molar-refractivity contribution in [3.05, 3.63) is 82.9 Å². The second kappa shape index (κ2) is 21.9. The molecule has 2 saturated heterocycles. The number of benzene rings is 2. The Balaban J connectivity index is 1.29. The second-order valence-electron chi connectivity index (χ2n) is 16.4. The van der Waals surface area contributed by atoms with E-state index < -0.39 is 59.5 Å². The van der Waals surface area contributed by atoms with Crippen LogP contribution in [0.25, 0.3) is 0 Å². The highest BCUT2D eigenvalue weighted by molar-refractivity contribution is 7.13. The smallest absolute Gasteiger partial charge is 0.381 e. The van der Waals surface area contributed by atoms with E-state index in [0.717, 1.165) is 22.5 Å². The molecular formula is C44H58N6O9S. The Hall–Kier alpha value is -5.19. The molecule has 1 aromatic heterocycles. The van der Waals surface area contributed by atoms with Crippen LogP contribution in [0.1, 0.15) is 69.9 Å². The molecule has 5 amide bonds. The van der Waals surface area contributed by atoms with Gasteiger partial charge in [0.2, 0.25) is 23.6 Å². The number of aromatic nitrogens is 1. The number of ether oxygens (including phenoxy) is 3. The van der Waals surface area contributed by atoms with E-state index in [4.69, 9.17) is 14.2 Å². The van der Waals surface area contributed by atoms with E-state index >= 15 is 0 Å². The van der Waals surface area contributed by atoms with Crippen LogP contribution in [0.5, 0.6) is 5.19 Å². The SMILES string of the molecule is CC(C)CC(NC(=O)[C@H](Cc1ccccc1)NC(=O)[C@H](CC(C)C)NC(=O)[C@H](CCc1ccccc1)NC(=O)Cc1cnc(OC(=O)N2CCOCC2)s1)C(=O)C1(C)CO1. The van der Waals surface area contributed by atoms with Crippen molar-refractivity contribution in [3.63, 3.8) is 0 Å². The number of nitrogens with zero attached hydrogens (tertiary/aromatic N) is 2. The molecule has 15 nitrogen and oxygen atoms in total. The fourth-order valence-electron chi connectivity index (χ4n) is 6.83. The number of ketones is 1. The van der Waals surface area contributed by atoms with Crippen LogP contribution in [0.4, 0.5) is 4.79 Å². The minimum Gasteiger partial charge on any atom is -0.381 e. The minimum absolute atomic E-state index is 0.0370. The molecule has 0 bridgehead atoms. The molecule has 2 aromatic carbocycles. The van der Waals surface area contributed by atoms with Gasteiger partial charge in [0.15, 0.2) is 5.78 Å². The predicted molar refractivity (Wildman–Crippen MR) is 225 cm³/mol. The second-order valence-corrected chi connectivity index (χ2v) is 17.5. The molecule has 3 heterocycles. The maximum Gasteiger partial charge on any atom is 0.417 e. The molecule has 5 rings (SSSR count). The molecule has 0 saturated carbocycles. The molecule has 2 unspecified atom stereocenters. The highest BCUT2D eigenvalue weighted by atomic mass is 32.1. The van der Waals surface area contributed by atoms with E-state index in [9.17, 15) is 28.8 Å². The summed E-state index contributed by atoms with van der Waals surface area (Å²) in [6.07, 6.45) is 2.25. The average Bonchev–Trinajstić information content (AvgIpc) is 3.84. The first-order valence-electron chi connectivity index (χ1n) is 20.6. The molecule has 0 aliphatic carbocycles. The van der Waals surface area contributed by atoms with E-state index in [1.54, 1.807) is 6.92 Å². The van der Waals surface area contributed by atoms with Crippen molar-refractivity contribution in [2.75, 3.05) is 32.9 Å². The molecule has 2 aliphatic rings. The van der Waals surface area contributed by atoms with Gasteiger partial charge in [-0.25, -0.2) is 9.78 Å². The molecule has 5 atom stereocenters. The summed E-state index contributed by atoms with van der Waals surface area (Å²) in [5.41, 5.74) is 0.797. The molecule has 4 N–H and O–H groups in total. The normalized spacial score (nSPS) is 18.1. The third-order valence-electron chi connectivity index (χ3n) is 10.2. The van der Waals surface area contributed by atoms with Gasteiger partial charge in [-0.05, 0) is 55.6 Å². The summed E-state index contributed by atoms with van der Waals surface area (Å²) < 4.78 is 16.1. The zero-order valence-corrected chi connectivity index (χ0v) is 35.9. The highest BCUT2D eigenvalue weighted by Gasteiger charge is 2.50. The predicted octanol–water partition coefficient (Wildman–Crippen LogP) is 3.78. The standard InChI is InChI=1S/C44H58N6O9S/c1-28(2)22-34(38(52)44(5)27-58-44)47-41(55)36(24-31-14-10-7-11-15-31)49-40(54)35(23-29(3)4)48-39(53)33(17-16-30-12-8-6-9-13-30)46-37(51)25-32-26-45-42(60-32)59-43(56)50-18-20-57-21-19-50/h6-15,26,28-29,33-36H,16-25,27H2,1-5H3,(H,46,51)(H,47,55)(H,48,53)(H,49,54)/t33-,34?,35-,36-,44?/m0/s1. The van der Waals surface area contributed by atoms with Crippen LogP contribution in [-0.2, 0) is 52.7 Å². The number of epoxide rings is 1. The number of hydrogen-bond acceptors (Lipinski definition) is 11. The number of amides is 5. The largest absolute Gasteiger partial charge is 0.417 e. The van der Waals surface area contributed by atoms with Crippen molar-refractivity contribution in [3.8, 4) is 5.19 Å². The quantitative estimate of drug-likeness (QED) is 0.115. The topological polar surface area (TPSA) is 198 Å².